The number of nitrogens with zero attached hydrogens (tertiary/aromatic N) is 2. The summed E-state index contributed by atoms with van der Waals surface area (Å²) in [5.41, 5.74) is 4.93. The molecular formula is C21H12FIN2. The Balaban J connectivity index is 2.10. The Morgan fingerprint density at radius 2 is 1.60 bits per heavy atom. The molecule has 2 heterocycles. The van der Waals surface area contributed by atoms with Crippen molar-refractivity contribution in [1.29, 1.82) is 0 Å². The highest BCUT2D eigenvalue weighted by Crippen LogP contribution is 2.36. The van der Waals surface area contributed by atoms with Gasteiger partial charge < -0.3 is 0 Å². The van der Waals surface area contributed by atoms with Gasteiger partial charge in [0.2, 0.25) is 0 Å². The van der Waals surface area contributed by atoms with Gasteiger partial charge in [-0.25, -0.2) is 9.37 Å². The number of halogens is 2. The zero-order chi connectivity index (χ0) is 17.0. The summed E-state index contributed by atoms with van der Waals surface area (Å²) in [6.45, 7) is 0. The smallest absolute Gasteiger partial charge is 0.146 e. The van der Waals surface area contributed by atoms with Gasteiger partial charge in [0, 0.05) is 14.3 Å². The van der Waals surface area contributed by atoms with Crippen LogP contribution in [0.15, 0.2) is 72.8 Å². The largest absolute Gasteiger partial charge is 0.291 e. The number of hydrogen-bond donors (Lipinski definition) is 0. The fourth-order valence-electron chi connectivity index (χ4n) is 3.40. The van der Waals surface area contributed by atoms with Crippen LogP contribution in [0.25, 0.3) is 38.7 Å². The Morgan fingerprint density at radius 1 is 0.840 bits per heavy atom. The van der Waals surface area contributed by atoms with Crippen molar-refractivity contribution in [3.8, 4) is 11.3 Å². The van der Waals surface area contributed by atoms with Gasteiger partial charge in [-0.15, -0.1) is 0 Å². The van der Waals surface area contributed by atoms with Gasteiger partial charge in [-0.05, 0) is 52.4 Å². The van der Waals surface area contributed by atoms with E-state index in [4.69, 9.17) is 4.98 Å². The lowest BCUT2D eigenvalue weighted by Gasteiger charge is -2.13. The van der Waals surface area contributed by atoms with Crippen molar-refractivity contribution in [1.82, 2.24) is 9.38 Å². The molecule has 5 rings (SSSR count). The highest BCUT2D eigenvalue weighted by Gasteiger charge is 2.18. The Bertz CT molecular complexity index is 1260. The predicted octanol–water partition coefficient (Wildman–Crippen LogP) is 6.05. The first-order chi connectivity index (χ1) is 12.2. The molecule has 2 aromatic heterocycles. The average Bonchev–Trinajstić information content (AvgIpc) is 3.02. The highest BCUT2D eigenvalue weighted by atomic mass is 127. The summed E-state index contributed by atoms with van der Waals surface area (Å²) < 4.78 is 17.2. The standard InChI is InChI=1S/C21H12FIN2/c22-14-10-11-15-16(12-14)21-24-17-8-4-5-9-18(17)25(21)20(19(15)23)13-6-2-1-3-7-13/h1-12H. The molecule has 0 saturated heterocycles. The van der Waals surface area contributed by atoms with Crippen LogP contribution < -0.4 is 0 Å². The van der Waals surface area contributed by atoms with Crippen LogP contribution in [0, 0.1) is 9.39 Å². The van der Waals surface area contributed by atoms with Crippen molar-refractivity contribution in [2.75, 3.05) is 0 Å². The maximum absolute atomic E-state index is 13.9. The first kappa shape index (κ1) is 14.8. The van der Waals surface area contributed by atoms with Crippen molar-refractivity contribution < 1.29 is 4.39 Å². The molecule has 120 valence electrons. The quantitative estimate of drug-likeness (QED) is 0.291. The van der Waals surface area contributed by atoms with E-state index in [9.17, 15) is 4.39 Å². The fraction of sp³-hybridized carbons (Fsp3) is 0. The van der Waals surface area contributed by atoms with Crippen LogP contribution in [0.2, 0.25) is 0 Å². The second-order valence-corrected chi connectivity index (χ2v) is 7.06. The van der Waals surface area contributed by atoms with E-state index in [0.29, 0.717) is 0 Å². The molecule has 0 saturated carbocycles. The number of para-hydroxylation sites is 2. The Hall–Kier alpha value is -2.47. The minimum atomic E-state index is -0.246. The molecule has 2 nitrogen and oxygen atoms in total. The predicted molar refractivity (Wildman–Crippen MR) is 108 cm³/mol. The minimum Gasteiger partial charge on any atom is -0.291 e. The van der Waals surface area contributed by atoms with Gasteiger partial charge >= 0.3 is 0 Å². The van der Waals surface area contributed by atoms with Crippen LogP contribution in [0.1, 0.15) is 0 Å². The number of fused-ring (bicyclic) bond motifs is 5. The van der Waals surface area contributed by atoms with Gasteiger partial charge in [0.15, 0.2) is 0 Å². The summed E-state index contributed by atoms with van der Waals surface area (Å²) in [5.74, 6) is -0.246. The van der Waals surface area contributed by atoms with Gasteiger partial charge in [0.1, 0.15) is 11.5 Å². The topological polar surface area (TPSA) is 17.3 Å². The number of benzene rings is 3. The zero-order valence-electron chi connectivity index (χ0n) is 13.1. The fourth-order valence-corrected chi connectivity index (χ4v) is 4.43. The molecule has 5 aromatic rings. The summed E-state index contributed by atoms with van der Waals surface area (Å²) in [4.78, 5) is 4.80. The zero-order valence-corrected chi connectivity index (χ0v) is 15.2. The highest BCUT2D eigenvalue weighted by molar-refractivity contribution is 14.1. The van der Waals surface area contributed by atoms with E-state index in [1.165, 1.54) is 6.07 Å². The van der Waals surface area contributed by atoms with Crippen molar-refractivity contribution >= 4 is 50.0 Å². The van der Waals surface area contributed by atoms with Crippen LogP contribution in [0.3, 0.4) is 0 Å². The third-order valence-electron chi connectivity index (χ3n) is 4.50. The molecular weight excluding hydrogens is 426 g/mol. The van der Waals surface area contributed by atoms with E-state index < -0.39 is 0 Å². The Labute approximate surface area is 157 Å². The first-order valence-electron chi connectivity index (χ1n) is 7.97. The summed E-state index contributed by atoms with van der Waals surface area (Å²) >= 11 is 2.36. The molecule has 0 aliphatic heterocycles. The second kappa shape index (κ2) is 5.52. The lowest BCUT2D eigenvalue weighted by Crippen LogP contribution is -1.98. The summed E-state index contributed by atoms with van der Waals surface area (Å²) in [6, 6.07) is 23.2. The molecule has 0 aliphatic carbocycles. The third-order valence-corrected chi connectivity index (χ3v) is 5.59. The maximum Gasteiger partial charge on any atom is 0.146 e. The summed E-state index contributed by atoms with van der Waals surface area (Å²) in [6.07, 6.45) is 0. The molecule has 0 bridgehead atoms. The minimum absolute atomic E-state index is 0.246. The number of aromatic nitrogens is 2. The first-order valence-corrected chi connectivity index (χ1v) is 9.05. The molecule has 0 fully saturated rings. The molecule has 0 N–H and O–H groups in total. The van der Waals surface area contributed by atoms with Gasteiger partial charge in [-0.1, -0.05) is 48.5 Å². The Kier molecular flexibility index (Phi) is 3.28. The van der Waals surface area contributed by atoms with Crippen molar-refractivity contribution in [2.45, 2.75) is 0 Å². The molecule has 0 aliphatic rings. The van der Waals surface area contributed by atoms with E-state index in [2.05, 4.69) is 45.2 Å². The average molecular weight is 438 g/mol. The molecule has 0 amide bonds. The molecule has 3 aromatic carbocycles. The van der Waals surface area contributed by atoms with Crippen molar-refractivity contribution in [3.63, 3.8) is 0 Å². The van der Waals surface area contributed by atoms with Gasteiger partial charge in [0.05, 0.1) is 16.7 Å². The molecule has 4 heteroatoms. The second-order valence-electron chi connectivity index (χ2n) is 5.98. The van der Waals surface area contributed by atoms with E-state index in [-0.39, 0.29) is 5.82 Å². The van der Waals surface area contributed by atoms with Gasteiger partial charge in [0.25, 0.3) is 0 Å². The van der Waals surface area contributed by atoms with Crippen LogP contribution in [-0.2, 0) is 0 Å². The molecule has 0 spiro atoms. The lowest BCUT2D eigenvalue weighted by atomic mass is 10.1. The third kappa shape index (κ3) is 2.17. The lowest BCUT2D eigenvalue weighted by molar-refractivity contribution is 0.630. The van der Waals surface area contributed by atoms with E-state index in [1.54, 1.807) is 6.07 Å². The van der Waals surface area contributed by atoms with Crippen LogP contribution in [-0.4, -0.2) is 9.38 Å². The van der Waals surface area contributed by atoms with Crippen molar-refractivity contribution in [2.24, 2.45) is 0 Å². The molecule has 0 unspecified atom stereocenters. The number of pyridine rings is 1. The van der Waals surface area contributed by atoms with Crippen LogP contribution >= 0.6 is 22.6 Å². The van der Waals surface area contributed by atoms with Crippen molar-refractivity contribution in [3.05, 3.63) is 82.2 Å². The molecule has 0 atom stereocenters. The maximum atomic E-state index is 13.9. The van der Waals surface area contributed by atoms with E-state index >= 15 is 0 Å². The normalized spacial score (nSPS) is 11.6. The summed E-state index contributed by atoms with van der Waals surface area (Å²) in [7, 11) is 0. The molecule has 0 radical (unpaired) electrons. The number of hydrogen-bond acceptors (Lipinski definition) is 1. The van der Waals surface area contributed by atoms with Gasteiger partial charge in [-0.2, -0.15) is 0 Å². The van der Waals surface area contributed by atoms with E-state index in [0.717, 1.165) is 42.3 Å². The number of rotatable bonds is 1. The Morgan fingerprint density at radius 3 is 2.44 bits per heavy atom. The van der Waals surface area contributed by atoms with Crippen LogP contribution in [0.4, 0.5) is 4.39 Å². The number of imidazole rings is 1. The van der Waals surface area contributed by atoms with Crippen LogP contribution in [0.5, 0.6) is 0 Å². The van der Waals surface area contributed by atoms with Gasteiger partial charge in [-0.3, -0.25) is 4.40 Å². The SMILES string of the molecule is Fc1ccc2c(I)c(-c3ccccc3)n3c4ccccc4nc3c2c1. The molecule has 25 heavy (non-hydrogen) atoms. The summed E-state index contributed by atoms with van der Waals surface area (Å²) in [5, 5.41) is 1.85. The van der Waals surface area contributed by atoms with E-state index in [1.807, 2.05) is 42.5 Å². The monoisotopic (exact) mass is 438 g/mol.